The van der Waals surface area contributed by atoms with Crippen molar-refractivity contribution in [3.8, 4) is 0 Å². The maximum atomic E-state index is 12.8. The van der Waals surface area contributed by atoms with Crippen LogP contribution in [0.3, 0.4) is 0 Å². The number of ether oxygens (including phenoxy) is 7. The largest absolute Gasteiger partial charge is 0.446 e. The molecule has 3 saturated carbocycles. The van der Waals surface area contributed by atoms with Crippen LogP contribution in [0.25, 0.3) is 0 Å². The molecule has 390 valence electrons. The maximum Gasteiger partial charge on any atom is 0.407 e. The Hall–Kier alpha value is -1.60. The standard InChI is InChI=1S/C56H101NO10/c1-44(2)19-16-20-45(3)51-25-26-52-50-24-23-46-41-48(27-29-55(46,4)53(50)28-30-56(51,52)5)67-54(60)57-31-17-34-62-37-39-64-40-38-63-35-18-36-66-49(42-58)43-65-33-15-13-22-47(59)21-12-10-8-7-9-11-14-32-61-6/h23,44-45,48-53,58H,7-22,24-43H2,1-6H3,(H,57,60)/t45?,48-,49?,50?,51?,52?,53?,55-,56+/m1/s1. The van der Waals surface area contributed by atoms with Crippen LogP contribution < -0.4 is 5.32 Å². The lowest BCUT2D eigenvalue weighted by Crippen LogP contribution is -2.51. The number of carbonyl (C=O) groups is 2. The van der Waals surface area contributed by atoms with Gasteiger partial charge >= 0.3 is 6.09 Å². The average molecular weight is 948 g/mol. The molecule has 0 bridgehead atoms. The zero-order valence-electron chi connectivity index (χ0n) is 43.8. The normalized spacial score (nSPS) is 26.7. The number of hydrogen-bond donors (Lipinski definition) is 2. The first-order chi connectivity index (χ1) is 32.5. The quantitative estimate of drug-likeness (QED) is 0.0454. The van der Waals surface area contributed by atoms with Crippen molar-refractivity contribution in [2.45, 2.75) is 201 Å². The molecular formula is C56H101NO10. The number of aliphatic hydroxyl groups is 1. The first-order valence-corrected chi connectivity index (χ1v) is 27.7. The number of amides is 1. The van der Waals surface area contributed by atoms with E-state index in [1.807, 2.05) is 0 Å². The van der Waals surface area contributed by atoms with Gasteiger partial charge in [-0.05, 0) is 130 Å². The lowest BCUT2D eigenvalue weighted by atomic mass is 9.47. The first-order valence-electron chi connectivity index (χ1n) is 27.7. The highest BCUT2D eigenvalue weighted by Crippen LogP contribution is 2.67. The van der Waals surface area contributed by atoms with Gasteiger partial charge in [-0.25, -0.2) is 4.79 Å². The molecule has 67 heavy (non-hydrogen) atoms. The Morgan fingerprint density at radius 3 is 2.07 bits per heavy atom. The van der Waals surface area contributed by atoms with Crippen molar-refractivity contribution in [1.29, 1.82) is 0 Å². The van der Waals surface area contributed by atoms with Crippen molar-refractivity contribution in [3.05, 3.63) is 11.6 Å². The molecule has 6 unspecified atom stereocenters. The molecule has 0 radical (unpaired) electrons. The van der Waals surface area contributed by atoms with E-state index in [2.05, 4.69) is 46.0 Å². The van der Waals surface area contributed by atoms with Crippen LogP contribution in [0.15, 0.2) is 11.6 Å². The average Bonchev–Trinajstić information content (AvgIpc) is 3.67. The van der Waals surface area contributed by atoms with Gasteiger partial charge in [0.1, 0.15) is 18.0 Å². The predicted molar refractivity (Wildman–Crippen MR) is 268 cm³/mol. The number of allylic oxidation sites excluding steroid dienone is 1. The highest BCUT2D eigenvalue weighted by atomic mass is 16.6. The summed E-state index contributed by atoms with van der Waals surface area (Å²) in [6, 6.07) is 0. The van der Waals surface area contributed by atoms with Crippen LogP contribution in [0, 0.1) is 46.3 Å². The molecular weight excluding hydrogens is 847 g/mol. The molecule has 4 aliphatic rings. The lowest BCUT2D eigenvalue weighted by molar-refractivity contribution is -0.119. The molecule has 0 heterocycles. The number of methoxy groups -OCH3 is 1. The fourth-order valence-electron chi connectivity index (χ4n) is 12.7. The van der Waals surface area contributed by atoms with Crippen LogP contribution >= 0.6 is 0 Å². The molecule has 0 aliphatic heterocycles. The number of rotatable bonds is 39. The SMILES string of the molecule is COCCCCCCCCCC(=O)CCCCOCC(CO)OCCCOCCOCCOCCCNC(=O)O[C@@H]1CC[C@]2(C)C(=CCC3C4CCC(C(C)CCCC(C)C)[C@]4(C)CCC32)C1. The Balaban J connectivity index is 0.914. The van der Waals surface area contributed by atoms with Crippen molar-refractivity contribution in [3.63, 3.8) is 0 Å². The second-order valence-electron chi connectivity index (χ2n) is 22.0. The number of aliphatic hydroxyl groups excluding tert-OH is 1. The molecule has 0 aromatic heterocycles. The summed E-state index contributed by atoms with van der Waals surface area (Å²) < 4.78 is 39.5. The summed E-state index contributed by atoms with van der Waals surface area (Å²) in [6.45, 7) is 18.3. The zero-order valence-corrected chi connectivity index (χ0v) is 43.8. The monoisotopic (exact) mass is 948 g/mol. The molecule has 1 amide bonds. The lowest BCUT2D eigenvalue weighted by Gasteiger charge is -2.58. The number of unbranched alkanes of at least 4 members (excludes halogenated alkanes) is 7. The third-order valence-corrected chi connectivity index (χ3v) is 16.6. The van der Waals surface area contributed by atoms with E-state index in [0.29, 0.717) is 90.0 Å². The number of nitrogens with one attached hydrogen (secondary N) is 1. The first kappa shape index (κ1) is 58.0. The van der Waals surface area contributed by atoms with Gasteiger partial charge in [0.05, 0.1) is 39.6 Å². The Labute approximate surface area is 409 Å². The number of alkyl carbamates (subject to hydrolysis) is 1. The summed E-state index contributed by atoms with van der Waals surface area (Å²) in [5.41, 5.74) is 2.32. The van der Waals surface area contributed by atoms with E-state index in [1.54, 1.807) is 12.7 Å². The van der Waals surface area contributed by atoms with E-state index in [-0.39, 0.29) is 30.3 Å². The van der Waals surface area contributed by atoms with E-state index >= 15 is 0 Å². The Kier molecular flexibility index (Phi) is 28.7. The molecule has 11 heteroatoms. The predicted octanol–water partition coefficient (Wildman–Crippen LogP) is 11.9. The van der Waals surface area contributed by atoms with Crippen LogP contribution in [-0.4, -0.2) is 116 Å². The van der Waals surface area contributed by atoms with E-state index in [0.717, 1.165) is 106 Å². The van der Waals surface area contributed by atoms with Gasteiger partial charge in [0.15, 0.2) is 0 Å². The van der Waals surface area contributed by atoms with Crippen LogP contribution in [0.1, 0.15) is 189 Å². The van der Waals surface area contributed by atoms with Gasteiger partial charge in [0.25, 0.3) is 0 Å². The van der Waals surface area contributed by atoms with Gasteiger partial charge in [-0.2, -0.15) is 0 Å². The third kappa shape index (κ3) is 20.6. The van der Waals surface area contributed by atoms with Crippen LogP contribution in [0.2, 0.25) is 0 Å². The molecule has 0 aromatic carbocycles. The third-order valence-electron chi connectivity index (χ3n) is 16.6. The minimum atomic E-state index is -0.358. The summed E-state index contributed by atoms with van der Waals surface area (Å²) in [6.07, 6.45) is 28.5. The summed E-state index contributed by atoms with van der Waals surface area (Å²) in [7, 11) is 1.75. The van der Waals surface area contributed by atoms with Crippen LogP contribution in [-0.2, 0) is 38.0 Å². The minimum absolute atomic E-state index is 0.0373. The number of Topliss-reactive ketones (excluding diaryl/α,β-unsaturated/α-hetero) is 1. The second-order valence-corrected chi connectivity index (χ2v) is 22.0. The molecule has 4 aliphatic carbocycles. The topological polar surface area (TPSA) is 131 Å². The molecule has 0 aromatic rings. The molecule has 3 fully saturated rings. The maximum absolute atomic E-state index is 12.8. The van der Waals surface area contributed by atoms with Gasteiger partial charge in [-0.1, -0.05) is 97.6 Å². The Bertz CT molecular complexity index is 1360. The van der Waals surface area contributed by atoms with Gasteiger partial charge < -0.3 is 43.6 Å². The second kappa shape index (κ2) is 33.1. The van der Waals surface area contributed by atoms with Crippen molar-refractivity contribution in [2.75, 3.05) is 86.3 Å². The highest BCUT2D eigenvalue weighted by Gasteiger charge is 2.59. The van der Waals surface area contributed by atoms with Crippen molar-refractivity contribution < 1.29 is 47.9 Å². The molecule has 2 N–H and O–H groups in total. The molecule has 11 nitrogen and oxygen atoms in total. The molecule has 9 atom stereocenters. The Morgan fingerprint density at radius 1 is 0.701 bits per heavy atom. The zero-order chi connectivity index (χ0) is 48.2. The van der Waals surface area contributed by atoms with Gasteiger partial charge in [0.2, 0.25) is 0 Å². The Morgan fingerprint density at radius 2 is 1.36 bits per heavy atom. The fraction of sp³-hybridized carbons (Fsp3) is 0.929. The van der Waals surface area contributed by atoms with Gasteiger partial charge in [-0.3, -0.25) is 4.79 Å². The summed E-state index contributed by atoms with van der Waals surface area (Å²) in [4.78, 5) is 24.9. The number of hydrogen-bond acceptors (Lipinski definition) is 10. The number of carbonyl (C=O) groups excluding carboxylic acids is 2. The van der Waals surface area contributed by atoms with Crippen molar-refractivity contribution in [1.82, 2.24) is 5.32 Å². The molecule has 0 saturated heterocycles. The highest BCUT2D eigenvalue weighted by molar-refractivity contribution is 5.78. The smallest absolute Gasteiger partial charge is 0.407 e. The van der Waals surface area contributed by atoms with E-state index < -0.39 is 0 Å². The summed E-state index contributed by atoms with van der Waals surface area (Å²) >= 11 is 0. The van der Waals surface area contributed by atoms with Gasteiger partial charge in [-0.15, -0.1) is 0 Å². The van der Waals surface area contributed by atoms with Crippen LogP contribution in [0.5, 0.6) is 0 Å². The number of ketones is 1. The summed E-state index contributed by atoms with van der Waals surface area (Å²) in [5, 5.41) is 12.6. The van der Waals surface area contributed by atoms with Crippen molar-refractivity contribution >= 4 is 11.9 Å². The number of fused-ring (bicyclic) bond motifs is 5. The van der Waals surface area contributed by atoms with Gasteiger partial charge in [0, 0.05) is 66.0 Å². The summed E-state index contributed by atoms with van der Waals surface area (Å²) in [5.74, 6) is 5.34. The molecule has 4 rings (SSSR count). The van der Waals surface area contributed by atoms with E-state index in [1.165, 1.54) is 77.0 Å². The fourth-order valence-corrected chi connectivity index (χ4v) is 12.7. The minimum Gasteiger partial charge on any atom is -0.446 e. The van der Waals surface area contributed by atoms with Crippen molar-refractivity contribution in [2.24, 2.45) is 46.3 Å². The van der Waals surface area contributed by atoms with Crippen LogP contribution in [0.4, 0.5) is 4.79 Å². The van der Waals surface area contributed by atoms with E-state index in [9.17, 15) is 14.7 Å². The van der Waals surface area contributed by atoms with E-state index in [4.69, 9.17) is 33.2 Å². The molecule has 0 spiro atoms.